The van der Waals surface area contributed by atoms with Crippen molar-refractivity contribution in [2.24, 2.45) is 5.92 Å². The minimum absolute atomic E-state index is 0.0850. The molecule has 0 aromatic carbocycles. The molecule has 0 unspecified atom stereocenters. The molecule has 22 heavy (non-hydrogen) atoms. The lowest BCUT2D eigenvalue weighted by molar-refractivity contribution is 0.0921. The van der Waals surface area contributed by atoms with Crippen LogP contribution in [0.5, 0.6) is 0 Å². The van der Waals surface area contributed by atoms with Gasteiger partial charge in [0.25, 0.3) is 5.91 Å². The van der Waals surface area contributed by atoms with Crippen molar-refractivity contribution in [3.63, 3.8) is 0 Å². The maximum Gasteiger partial charge on any atom is 0.273 e. The van der Waals surface area contributed by atoms with E-state index in [1.807, 2.05) is 0 Å². The van der Waals surface area contributed by atoms with Crippen LogP contribution in [-0.2, 0) is 14.8 Å². The Hall–Kier alpha value is -1.16. The second-order valence-electron chi connectivity index (χ2n) is 5.45. The topological polar surface area (TPSA) is 104 Å². The molecule has 0 spiro atoms. The van der Waals surface area contributed by atoms with Crippen LogP contribution in [0.4, 0.5) is 0 Å². The Kier molecular flexibility index (Phi) is 5.10. The third-order valence-corrected chi connectivity index (χ3v) is 6.01. The lowest BCUT2D eigenvalue weighted by atomic mass is 10.1. The fraction of sp³-hybridized carbons (Fsp3) is 0.667. The number of aryl methyl sites for hydroxylation is 1. The number of ether oxygens (including phenoxy) is 1. The van der Waals surface area contributed by atoms with Crippen molar-refractivity contribution in [1.29, 1.82) is 0 Å². The van der Waals surface area contributed by atoms with Crippen LogP contribution in [0.1, 0.15) is 16.2 Å². The third kappa shape index (κ3) is 3.60. The Morgan fingerprint density at radius 2 is 2.18 bits per heavy atom. The Labute approximate surface area is 134 Å². The summed E-state index contributed by atoms with van der Waals surface area (Å²) in [6.07, 6.45) is 0. The molecule has 0 bridgehead atoms. The van der Waals surface area contributed by atoms with Crippen LogP contribution in [0.25, 0.3) is 0 Å². The maximum atomic E-state index is 12.2. The zero-order chi connectivity index (χ0) is 16.5. The van der Waals surface area contributed by atoms with Gasteiger partial charge in [0.2, 0.25) is 10.0 Å². The van der Waals surface area contributed by atoms with Crippen molar-refractivity contribution < 1.29 is 17.9 Å². The van der Waals surface area contributed by atoms with Crippen LogP contribution < -0.4 is 5.32 Å². The Balaban J connectivity index is 2.05. The molecular formula is C12H19ClN4O4S. The Morgan fingerprint density at radius 1 is 1.50 bits per heavy atom. The number of nitrogens with one attached hydrogen (secondary N) is 2. The molecule has 1 aromatic heterocycles. The van der Waals surface area contributed by atoms with Gasteiger partial charge in [0.05, 0.1) is 35.7 Å². The fourth-order valence-electron chi connectivity index (χ4n) is 2.14. The molecule has 1 aliphatic heterocycles. The first-order valence-corrected chi connectivity index (χ1v) is 8.70. The van der Waals surface area contributed by atoms with Crippen molar-refractivity contribution in [3.05, 3.63) is 16.4 Å². The molecule has 2 rings (SSSR count). The lowest BCUT2D eigenvalue weighted by Gasteiger charge is -2.20. The molecule has 1 aliphatic rings. The number of hydrogen-bond donors (Lipinski definition) is 2. The van der Waals surface area contributed by atoms with Gasteiger partial charge in [-0.05, 0) is 6.92 Å². The zero-order valence-electron chi connectivity index (χ0n) is 12.6. The summed E-state index contributed by atoms with van der Waals surface area (Å²) in [5, 5.41) is 9.48. The second kappa shape index (κ2) is 6.53. The van der Waals surface area contributed by atoms with E-state index >= 15 is 0 Å². The quantitative estimate of drug-likeness (QED) is 0.778. The molecule has 0 saturated carbocycles. The highest BCUT2D eigenvalue weighted by Crippen LogP contribution is 2.20. The van der Waals surface area contributed by atoms with Crippen LogP contribution in [0.3, 0.4) is 0 Å². The van der Waals surface area contributed by atoms with Gasteiger partial charge in [0.1, 0.15) is 0 Å². The number of H-pyrrole nitrogens is 1. The van der Waals surface area contributed by atoms with E-state index < -0.39 is 22.0 Å². The van der Waals surface area contributed by atoms with Crippen LogP contribution >= 0.6 is 11.6 Å². The van der Waals surface area contributed by atoms with E-state index in [1.165, 1.54) is 14.1 Å². The van der Waals surface area contributed by atoms with E-state index in [0.29, 0.717) is 5.69 Å². The molecule has 0 radical (unpaired) electrons. The first kappa shape index (κ1) is 17.2. The smallest absolute Gasteiger partial charge is 0.273 e. The van der Waals surface area contributed by atoms with Gasteiger partial charge in [-0.3, -0.25) is 9.89 Å². The van der Waals surface area contributed by atoms with E-state index in [9.17, 15) is 13.2 Å². The van der Waals surface area contributed by atoms with Gasteiger partial charge in [-0.2, -0.15) is 5.10 Å². The molecule has 124 valence electrons. The number of carbonyl (C=O) groups is 1. The number of hydrogen-bond acceptors (Lipinski definition) is 5. The maximum absolute atomic E-state index is 12.2. The van der Waals surface area contributed by atoms with Crippen molar-refractivity contribution in [2.75, 3.05) is 33.1 Å². The largest absolute Gasteiger partial charge is 0.379 e. The van der Waals surface area contributed by atoms with Crippen LogP contribution in [-0.4, -0.2) is 67.9 Å². The number of sulfonamides is 1. The molecule has 1 fully saturated rings. The third-order valence-electron chi connectivity index (χ3n) is 3.58. The van der Waals surface area contributed by atoms with Crippen molar-refractivity contribution in [1.82, 2.24) is 19.8 Å². The van der Waals surface area contributed by atoms with Gasteiger partial charge in [-0.25, -0.2) is 12.7 Å². The SMILES string of the molecule is Cc1[nH]nc(C(=O)N[C@@H]2COC[C@H]2CS(=O)(=O)N(C)C)c1Cl. The van der Waals surface area contributed by atoms with E-state index in [0.717, 1.165) is 4.31 Å². The van der Waals surface area contributed by atoms with Crippen LogP contribution in [0.15, 0.2) is 0 Å². The zero-order valence-corrected chi connectivity index (χ0v) is 14.2. The monoisotopic (exact) mass is 350 g/mol. The summed E-state index contributed by atoms with van der Waals surface area (Å²) in [5.41, 5.74) is 0.696. The van der Waals surface area contributed by atoms with Gasteiger partial charge in [-0.1, -0.05) is 11.6 Å². The minimum atomic E-state index is -3.36. The van der Waals surface area contributed by atoms with E-state index in [1.54, 1.807) is 6.92 Å². The number of rotatable bonds is 5. The summed E-state index contributed by atoms with van der Waals surface area (Å²) in [6.45, 7) is 2.25. The number of nitrogens with zero attached hydrogens (tertiary/aromatic N) is 2. The molecule has 1 saturated heterocycles. The minimum Gasteiger partial charge on any atom is -0.379 e. The van der Waals surface area contributed by atoms with Gasteiger partial charge in [0, 0.05) is 20.0 Å². The number of aromatic nitrogens is 2. The van der Waals surface area contributed by atoms with Gasteiger partial charge in [-0.15, -0.1) is 0 Å². The number of aromatic amines is 1. The summed E-state index contributed by atoms with van der Waals surface area (Å²) in [7, 11) is -0.410. The van der Waals surface area contributed by atoms with Gasteiger partial charge >= 0.3 is 0 Å². The predicted octanol–water partition coefficient (Wildman–Crippen LogP) is 0.00772. The van der Waals surface area contributed by atoms with Crippen molar-refractivity contribution in [2.45, 2.75) is 13.0 Å². The first-order valence-electron chi connectivity index (χ1n) is 6.71. The first-order chi connectivity index (χ1) is 10.2. The molecule has 2 N–H and O–H groups in total. The van der Waals surface area contributed by atoms with E-state index in [-0.39, 0.29) is 35.6 Å². The van der Waals surface area contributed by atoms with Gasteiger partial charge < -0.3 is 10.1 Å². The lowest BCUT2D eigenvalue weighted by Crippen LogP contribution is -2.43. The molecule has 2 heterocycles. The summed E-state index contributed by atoms with van der Waals surface area (Å²) in [4.78, 5) is 12.2. The van der Waals surface area contributed by atoms with E-state index in [4.69, 9.17) is 16.3 Å². The van der Waals surface area contributed by atoms with Crippen LogP contribution in [0, 0.1) is 12.8 Å². The standard InChI is InChI=1S/C12H19ClN4O4S/c1-7-10(13)11(16-15-7)12(18)14-9-5-21-4-8(9)6-22(19,20)17(2)3/h8-9H,4-6H2,1-3H3,(H,14,18)(H,15,16)/t8-,9+/m0/s1. The average molecular weight is 351 g/mol. The number of carbonyl (C=O) groups excluding carboxylic acids is 1. The molecule has 8 nitrogen and oxygen atoms in total. The highest BCUT2D eigenvalue weighted by atomic mass is 35.5. The predicted molar refractivity (Wildman–Crippen MR) is 81.4 cm³/mol. The molecule has 10 heteroatoms. The number of amides is 1. The fourth-order valence-corrected chi connectivity index (χ4v) is 3.48. The highest BCUT2D eigenvalue weighted by Gasteiger charge is 2.35. The van der Waals surface area contributed by atoms with Gasteiger partial charge in [0.15, 0.2) is 5.69 Å². The second-order valence-corrected chi connectivity index (χ2v) is 8.06. The summed E-state index contributed by atoms with van der Waals surface area (Å²) >= 11 is 5.99. The molecule has 0 aliphatic carbocycles. The summed E-state index contributed by atoms with van der Waals surface area (Å²) in [6, 6.07) is -0.393. The normalized spacial score (nSPS) is 22.2. The Bertz CT molecular complexity index is 658. The Morgan fingerprint density at radius 3 is 2.73 bits per heavy atom. The summed E-state index contributed by atoms with van der Waals surface area (Å²) in [5.74, 6) is -0.842. The molecule has 1 aromatic rings. The highest BCUT2D eigenvalue weighted by molar-refractivity contribution is 7.89. The molecular weight excluding hydrogens is 332 g/mol. The molecule has 1 amide bonds. The van der Waals surface area contributed by atoms with Crippen molar-refractivity contribution >= 4 is 27.5 Å². The van der Waals surface area contributed by atoms with Crippen LogP contribution in [0.2, 0.25) is 5.02 Å². The number of halogens is 1. The van der Waals surface area contributed by atoms with Crippen molar-refractivity contribution in [3.8, 4) is 0 Å². The molecule has 2 atom stereocenters. The summed E-state index contributed by atoms with van der Waals surface area (Å²) < 4.78 is 30.4. The average Bonchev–Trinajstić information content (AvgIpc) is 2.98. The van der Waals surface area contributed by atoms with E-state index in [2.05, 4.69) is 15.5 Å².